The lowest BCUT2D eigenvalue weighted by Gasteiger charge is -2.13. The first-order valence-corrected chi connectivity index (χ1v) is 5.51. The standard InChI is InChI=1S/C11H13BrO3/c1-3-8-6-9(12)4-5-10(8)15-7(2)11(13)14/h4-7H,3H2,1-2H3,(H,13,14). The van der Waals surface area contributed by atoms with Crippen LogP contribution in [0.1, 0.15) is 19.4 Å². The number of carboxylic acid groups (broad SMARTS) is 1. The van der Waals surface area contributed by atoms with Gasteiger partial charge in [0, 0.05) is 4.47 Å². The summed E-state index contributed by atoms with van der Waals surface area (Å²) < 4.78 is 6.30. The average Bonchev–Trinajstić information content (AvgIpc) is 2.20. The Morgan fingerprint density at radius 3 is 2.80 bits per heavy atom. The van der Waals surface area contributed by atoms with Crippen molar-refractivity contribution in [3.63, 3.8) is 0 Å². The third-order valence-corrected chi connectivity index (χ3v) is 2.55. The molecule has 1 unspecified atom stereocenters. The smallest absolute Gasteiger partial charge is 0.344 e. The van der Waals surface area contributed by atoms with E-state index in [-0.39, 0.29) is 0 Å². The molecule has 0 aliphatic heterocycles. The number of ether oxygens (including phenoxy) is 1. The topological polar surface area (TPSA) is 46.5 Å². The maximum atomic E-state index is 10.6. The Bertz CT molecular complexity index is 363. The normalized spacial score (nSPS) is 12.2. The second-order valence-corrected chi connectivity index (χ2v) is 4.12. The molecule has 0 saturated carbocycles. The van der Waals surface area contributed by atoms with Crippen LogP contribution in [0.3, 0.4) is 0 Å². The summed E-state index contributed by atoms with van der Waals surface area (Å²) in [4.78, 5) is 10.6. The first kappa shape index (κ1) is 12.0. The largest absolute Gasteiger partial charge is 0.479 e. The molecule has 0 bridgehead atoms. The van der Waals surface area contributed by atoms with E-state index in [0.29, 0.717) is 5.75 Å². The van der Waals surface area contributed by atoms with Gasteiger partial charge in [0.2, 0.25) is 0 Å². The van der Waals surface area contributed by atoms with E-state index in [1.165, 1.54) is 6.92 Å². The number of halogens is 1. The number of carboxylic acids is 1. The van der Waals surface area contributed by atoms with Gasteiger partial charge in [-0.25, -0.2) is 4.79 Å². The number of carbonyl (C=O) groups is 1. The van der Waals surface area contributed by atoms with Gasteiger partial charge in [-0.2, -0.15) is 0 Å². The van der Waals surface area contributed by atoms with Crippen molar-refractivity contribution in [1.29, 1.82) is 0 Å². The average molecular weight is 273 g/mol. The molecule has 0 aliphatic rings. The van der Waals surface area contributed by atoms with Crippen molar-refractivity contribution in [3.8, 4) is 5.75 Å². The van der Waals surface area contributed by atoms with Crippen molar-refractivity contribution in [2.45, 2.75) is 26.4 Å². The highest BCUT2D eigenvalue weighted by Gasteiger charge is 2.14. The fraction of sp³-hybridized carbons (Fsp3) is 0.364. The van der Waals surface area contributed by atoms with Gasteiger partial charge < -0.3 is 9.84 Å². The van der Waals surface area contributed by atoms with Crippen LogP contribution in [0.5, 0.6) is 5.75 Å². The van der Waals surface area contributed by atoms with Crippen molar-refractivity contribution in [1.82, 2.24) is 0 Å². The minimum Gasteiger partial charge on any atom is -0.479 e. The summed E-state index contributed by atoms with van der Waals surface area (Å²) in [5.74, 6) is -0.324. The molecule has 1 aromatic carbocycles. The van der Waals surface area contributed by atoms with Gasteiger partial charge in [0.1, 0.15) is 5.75 Å². The molecule has 0 saturated heterocycles. The van der Waals surface area contributed by atoms with Gasteiger partial charge in [0.25, 0.3) is 0 Å². The molecule has 1 atom stereocenters. The first-order valence-electron chi connectivity index (χ1n) is 4.72. The van der Waals surface area contributed by atoms with Crippen molar-refractivity contribution in [3.05, 3.63) is 28.2 Å². The molecule has 0 heterocycles. The van der Waals surface area contributed by atoms with Gasteiger partial charge in [0.15, 0.2) is 6.10 Å². The number of aryl methyl sites for hydroxylation is 1. The molecule has 0 aliphatic carbocycles. The summed E-state index contributed by atoms with van der Waals surface area (Å²) in [6, 6.07) is 5.55. The van der Waals surface area contributed by atoms with E-state index in [1.54, 1.807) is 6.07 Å². The Kier molecular flexibility index (Phi) is 4.15. The fourth-order valence-electron chi connectivity index (χ4n) is 1.18. The monoisotopic (exact) mass is 272 g/mol. The number of rotatable bonds is 4. The van der Waals surface area contributed by atoms with E-state index < -0.39 is 12.1 Å². The SMILES string of the molecule is CCc1cc(Br)ccc1OC(C)C(=O)O. The zero-order chi connectivity index (χ0) is 11.4. The third-order valence-electron chi connectivity index (χ3n) is 2.05. The van der Waals surface area contributed by atoms with Gasteiger partial charge in [-0.3, -0.25) is 0 Å². The van der Waals surface area contributed by atoms with Crippen LogP contribution in [-0.2, 0) is 11.2 Å². The third kappa shape index (κ3) is 3.23. The van der Waals surface area contributed by atoms with Crippen LogP contribution in [0.2, 0.25) is 0 Å². The maximum absolute atomic E-state index is 10.6. The second-order valence-electron chi connectivity index (χ2n) is 3.20. The lowest BCUT2D eigenvalue weighted by molar-refractivity contribution is -0.144. The van der Waals surface area contributed by atoms with Gasteiger partial charge in [-0.1, -0.05) is 22.9 Å². The van der Waals surface area contributed by atoms with Crippen molar-refractivity contribution in [2.24, 2.45) is 0 Å². The number of hydrogen-bond donors (Lipinski definition) is 1. The number of aliphatic carboxylic acids is 1. The van der Waals surface area contributed by atoms with E-state index >= 15 is 0 Å². The fourth-order valence-corrected chi connectivity index (χ4v) is 1.59. The van der Waals surface area contributed by atoms with E-state index in [1.807, 2.05) is 19.1 Å². The number of benzene rings is 1. The quantitative estimate of drug-likeness (QED) is 0.917. The molecule has 1 N–H and O–H groups in total. The van der Waals surface area contributed by atoms with Crippen LogP contribution in [-0.4, -0.2) is 17.2 Å². The summed E-state index contributed by atoms with van der Waals surface area (Å²) in [6.45, 7) is 3.52. The molecule has 1 aromatic rings. The van der Waals surface area contributed by atoms with Crippen LogP contribution >= 0.6 is 15.9 Å². The zero-order valence-electron chi connectivity index (χ0n) is 8.66. The Morgan fingerprint density at radius 2 is 2.27 bits per heavy atom. The zero-order valence-corrected chi connectivity index (χ0v) is 10.2. The van der Waals surface area contributed by atoms with Crippen LogP contribution < -0.4 is 4.74 Å². The molecule has 15 heavy (non-hydrogen) atoms. The van der Waals surface area contributed by atoms with E-state index in [9.17, 15) is 4.79 Å². The molecule has 0 radical (unpaired) electrons. The highest BCUT2D eigenvalue weighted by atomic mass is 79.9. The minimum absolute atomic E-state index is 0.635. The van der Waals surface area contributed by atoms with Crippen LogP contribution in [0.25, 0.3) is 0 Å². The summed E-state index contributed by atoms with van der Waals surface area (Å²) in [5, 5.41) is 8.73. The van der Waals surface area contributed by atoms with Crippen molar-refractivity contribution >= 4 is 21.9 Å². The first-order chi connectivity index (χ1) is 7.04. The predicted molar refractivity (Wildman–Crippen MR) is 61.2 cm³/mol. The summed E-state index contributed by atoms with van der Waals surface area (Å²) in [5.41, 5.74) is 0.998. The summed E-state index contributed by atoms with van der Waals surface area (Å²) >= 11 is 3.36. The van der Waals surface area contributed by atoms with Crippen LogP contribution in [0, 0.1) is 0 Å². The Morgan fingerprint density at radius 1 is 1.60 bits per heavy atom. The molecule has 82 valence electrons. The van der Waals surface area contributed by atoms with Crippen molar-refractivity contribution in [2.75, 3.05) is 0 Å². The van der Waals surface area contributed by atoms with Gasteiger partial charge in [0.05, 0.1) is 0 Å². The molecule has 3 nitrogen and oxygen atoms in total. The van der Waals surface area contributed by atoms with E-state index in [4.69, 9.17) is 9.84 Å². The van der Waals surface area contributed by atoms with Crippen LogP contribution in [0.15, 0.2) is 22.7 Å². The second kappa shape index (κ2) is 5.16. The highest BCUT2D eigenvalue weighted by molar-refractivity contribution is 9.10. The molecule has 0 aromatic heterocycles. The molecular formula is C11H13BrO3. The van der Waals surface area contributed by atoms with Crippen molar-refractivity contribution < 1.29 is 14.6 Å². The molecule has 1 rings (SSSR count). The van der Waals surface area contributed by atoms with Crippen LogP contribution in [0.4, 0.5) is 0 Å². The maximum Gasteiger partial charge on any atom is 0.344 e. The minimum atomic E-state index is -0.958. The molecular weight excluding hydrogens is 260 g/mol. The Labute approximate surface area is 97.2 Å². The summed E-state index contributed by atoms with van der Waals surface area (Å²) in [7, 11) is 0. The van der Waals surface area contributed by atoms with Gasteiger partial charge >= 0.3 is 5.97 Å². The molecule has 0 spiro atoms. The van der Waals surface area contributed by atoms with Gasteiger partial charge in [-0.15, -0.1) is 0 Å². The Balaban J connectivity index is 2.89. The predicted octanol–water partition coefficient (Wildman–Crippen LogP) is 2.86. The van der Waals surface area contributed by atoms with Gasteiger partial charge in [-0.05, 0) is 37.1 Å². The van der Waals surface area contributed by atoms with E-state index in [0.717, 1.165) is 16.5 Å². The lowest BCUT2D eigenvalue weighted by Crippen LogP contribution is -2.23. The summed E-state index contributed by atoms with van der Waals surface area (Å²) in [6.07, 6.45) is -0.0160. The molecule has 0 fully saturated rings. The lowest BCUT2D eigenvalue weighted by atomic mass is 10.1. The highest BCUT2D eigenvalue weighted by Crippen LogP contribution is 2.24. The number of hydrogen-bond acceptors (Lipinski definition) is 2. The molecule has 4 heteroatoms. The molecule has 0 amide bonds. The van der Waals surface area contributed by atoms with E-state index in [2.05, 4.69) is 15.9 Å². The Hall–Kier alpha value is -1.03.